The van der Waals surface area contributed by atoms with Gasteiger partial charge in [-0.05, 0) is 30.7 Å². The topological polar surface area (TPSA) is 136 Å². The van der Waals surface area contributed by atoms with Gasteiger partial charge in [0, 0.05) is 31.7 Å². The highest BCUT2D eigenvalue weighted by Gasteiger charge is 2.29. The minimum Gasteiger partial charge on any atom is -0.301 e. The molecule has 4 rings (SSSR count). The summed E-state index contributed by atoms with van der Waals surface area (Å²) in [5, 5.41) is 25.0. The fourth-order valence-electron chi connectivity index (χ4n) is 3.49. The third-order valence-electron chi connectivity index (χ3n) is 4.77. The van der Waals surface area contributed by atoms with Crippen LogP contribution in [0.5, 0.6) is 0 Å². The van der Waals surface area contributed by atoms with Gasteiger partial charge in [-0.1, -0.05) is 22.7 Å². The summed E-state index contributed by atoms with van der Waals surface area (Å²) in [6.07, 6.45) is 8.82. The summed E-state index contributed by atoms with van der Waals surface area (Å²) in [6.45, 7) is 1.46. The van der Waals surface area contributed by atoms with Crippen LogP contribution in [0.4, 0.5) is 10.3 Å². The minimum atomic E-state index is -0.164. The molecule has 1 unspecified atom stereocenters. The third-order valence-corrected chi connectivity index (χ3v) is 6.63. The summed E-state index contributed by atoms with van der Waals surface area (Å²) in [5.41, 5.74) is 0.747. The molecule has 2 N–H and O–H groups in total. The number of nitrogens with one attached hydrogen (secondary N) is 2. The van der Waals surface area contributed by atoms with Gasteiger partial charge in [0.25, 0.3) is 0 Å². The Morgan fingerprint density at radius 3 is 2.60 bits per heavy atom. The number of aromatic nitrogens is 6. The normalized spacial score (nSPS) is 18.3. The van der Waals surface area contributed by atoms with Crippen molar-refractivity contribution in [2.45, 2.75) is 44.9 Å². The lowest BCUT2D eigenvalue weighted by molar-refractivity contribution is -0.116. The van der Waals surface area contributed by atoms with Crippen LogP contribution in [0.3, 0.4) is 0 Å². The van der Waals surface area contributed by atoms with Crippen LogP contribution in [0, 0.1) is 5.92 Å². The van der Waals surface area contributed by atoms with Gasteiger partial charge in [0.05, 0.1) is 6.42 Å². The number of rotatable bonds is 7. The monoisotopic (exact) mass is 444 g/mol. The van der Waals surface area contributed by atoms with Gasteiger partial charge in [-0.15, -0.1) is 20.4 Å². The van der Waals surface area contributed by atoms with E-state index in [0.29, 0.717) is 22.1 Å². The number of carbonyl (C=O) groups excluding carboxylic acids is 2. The third kappa shape index (κ3) is 5.39. The highest BCUT2D eigenvalue weighted by molar-refractivity contribution is 7.15. The SMILES string of the molecule is CC(=O)Nc1nnc(C[C@@H]2CCC(c3nnc(NC(=O)Cc4cncnc4)s3)C2)s1. The van der Waals surface area contributed by atoms with E-state index in [9.17, 15) is 9.59 Å². The number of hydrogen-bond donors (Lipinski definition) is 2. The van der Waals surface area contributed by atoms with E-state index in [2.05, 4.69) is 41.0 Å². The number of nitrogens with zero attached hydrogens (tertiary/aromatic N) is 6. The molecule has 0 aromatic carbocycles. The molecule has 0 radical (unpaired) electrons. The van der Waals surface area contributed by atoms with Crippen molar-refractivity contribution in [3.63, 3.8) is 0 Å². The summed E-state index contributed by atoms with van der Waals surface area (Å²) >= 11 is 2.85. The summed E-state index contributed by atoms with van der Waals surface area (Å²) in [6, 6.07) is 0. The van der Waals surface area contributed by atoms with Gasteiger partial charge in [0.1, 0.15) is 16.3 Å². The lowest BCUT2D eigenvalue weighted by atomic mass is 10.0. The predicted molar refractivity (Wildman–Crippen MR) is 112 cm³/mol. The number of amides is 2. The molecule has 0 aliphatic heterocycles. The molecule has 156 valence electrons. The van der Waals surface area contributed by atoms with E-state index in [1.54, 1.807) is 12.4 Å². The Balaban J connectivity index is 1.28. The quantitative estimate of drug-likeness (QED) is 0.567. The molecular formula is C18H20N8O2S2. The second kappa shape index (κ2) is 9.30. The first-order chi connectivity index (χ1) is 14.5. The van der Waals surface area contributed by atoms with Crippen LogP contribution in [0.1, 0.15) is 47.7 Å². The average molecular weight is 445 g/mol. The molecule has 1 aliphatic carbocycles. The molecule has 1 saturated carbocycles. The second-order valence-electron chi connectivity index (χ2n) is 7.18. The molecule has 12 heteroatoms. The zero-order valence-corrected chi connectivity index (χ0v) is 17.9. The fourth-order valence-corrected chi connectivity index (χ4v) is 5.30. The molecule has 30 heavy (non-hydrogen) atoms. The summed E-state index contributed by atoms with van der Waals surface area (Å²) < 4.78 is 0. The largest absolute Gasteiger partial charge is 0.301 e. The van der Waals surface area contributed by atoms with Crippen molar-refractivity contribution in [1.82, 2.24) is 30.4 Å². The van der Waals surface area contributed by atoms with Crippen LogP contribution in [0.2, 0.25) is 0 Å². The molecule has 0 spiro atoms. The van der Waals surface area contributed by atoms with Gasteiger partial charge in [-0.25, -0.2) is 9.97 Å². The Hall–Kier alpha value is -2.86. The van der Waals surface area contributed by atoms with E-state index in [1.165, 1.54) is 35.9 Å². The molecule has 1 fully saturated rings. The maximum atomic E-state index is 12.2. The fraction of sp³-hybridized carbons (Fsp3) is 0.444. The van der Waals surface area contributed by atoms with E-state index in [-0.39, 0.29) is 18.2 Å². The molecule has 10 nitrogen and oxygen atoms in total. The molecule has 3 aromatic heterocycles. The van der Waals surface area contributed by atoms with E-state index in [1.807, 2.05) is 0 Å². The van der Waals surface area contributed by atoms with Gasteiger partial charge in [0.15, 0.2) is 0 Å². The first kappa shape index (κ1) is 20.4. The maximum absolute atomic E-state index is 12.2. The Morgan fingerprint density at radius 1 is 1.03 bits per heavy atom. The van der Waals surface area contributed by atoms with Gasteiger partial charge >= 0.3 is 0 Å². The number of anilines is 2. The van der Waals surface area contributed by atoms with Crippen LogP contribution >= 0.6 is 22.7 Å². The van der Waals surface area contributed by atoms with Gasteiger partial charge < -0.3 is 10.6 Å². The lowest BCUT2D eigenvalue weighted by Crippen LogP contribution is -2.14. The van der Waals surface area contributed by atoms with Crippen LogP contribution < -0.4 is 10.6 Å². The van der Waals surface area contributed by atoms with Crippen LogP contribution in [-0.2, 0) is 22.4 Å². The first-order valence-electron chi connectivity index (χ1n) is 9.52. The highest BCUT2D eigenvalue weighted by atomic mass is 32.1. The van der Waals surface area contributed by atoms with Crippen molar-refractivity contribution >= 4 is 44.8 Å². The van der Waals surface area contributed by atoms with E-state index < -0.39 is 0 Å². The Bertz CT molecular complexity index is 1020. The molecule has 0 bridgehead atoms. The van der Waals surface area contributed by atoms with Crippen molar-refractivity contribution in [1.29, 1.82) is 0 Å². The van der Waals surface area contributed by atoms with Crippen molar-refractivity contribution < 1.29 is 9.59 Å². The molecule has 1 aliphatic rings. The van der Waals surface area contributed by atoms with Crippen molar-refractivity contribution in [2.75, 3.05) is 10.6 Å². The highest BCUT2D eigenvalue weighted by Crippen LogP contribution is 2.41. The zero-order valence-electron chi connectivity index (χ0n) is 16.2. The average Bonchev–Trinajstić information content (AvgIpc) is 3.44. The first-order valence-corrected chi connectivity index (χ1v) is 11.2. The standard InChI is InChI=1S/C18H20N8O2S2/c1-10(27)21-17-25-23-15(29-17)6-11-2-3-13(4-11)16-24-26-18(30-16)22-14(28)5-12-7-19-9-20-8-12/h7-9,11,13H,2-6H2,1H3,(H,21,25,27)(H,22,26,28)/t11-,13?/m1/s1. The molecule has 3 aromatic rings. The summed E-state index contributed by atoms with van der Waals surface area (Å²) in [7, 11) is 0. The Kier molecular flexibility index (Phi) is 6.33. The minimum absolute atomic E-state index is 0.144. The summed E-state index contributed by atoms with van der Waals surface area (Å²) in [5.74, 6) is 0.523. The van der Waals surface area contributed by atoms with E-state index >= 15 is 0 Å². The maximum Gasteiger partial charge on any atom is 0.230 e. The number of hydrogen-bond acceptors (Lipinski definition) is 10. The van der Waals surface area contributed by atoms with Crippen LogP contribution in [-0.4, -0.2) is 42.2 Å². The predicted octanol–water partition coefficient (Wildman–Crippen LogP) is 2.45. The van der Waals surface area contributed by atoms with Crippen molar-refractivity contribution in [3.05, 3.63) is 34.3 Å². The molecular weight excluding hydrogens is 424 g/mol. The van der Waals surface area contributed by atoms with Gasteiger partial charge in [-0.2, -0.15) is 0 Å². The van der Waals surface area contributed by atoms with E-state index in [4.69, 9.17) is 0 Å². The molecule has 2 atom stereocenters. The second-order valence-corrected chi connectivity index (χ2v) is 9.25. The van der Waals surface area contributed by atoms with Crippen molar-refractivity contribution in [3.8, 4) is 0 Å². The number of carbonyl (C=O) groups is 2. The lowest BCUT2D eigenvalue weighted by Gasteiger charge is -2.06. The Morgan fingerprint density at radius 2 is 1.80 bits per heavy atom. The smallest absolute Gasteiger partial charge is 0.230 e. The summed E-state index contributed by atoms with van der Waals surface area (Å²) in [4.78, 5) is 31.1. The van der Waals surface area contributed by atoms with E-state index in [0.717, 1.165) is 41.3 Å². The van der Waals surface area contributed by atoms with Crippen molar-refractivity contribution in [2.24, 2.45) is 5.92 Å². The Labute approximate surface area is 180 Å². The molecule has 3 heterocycles. The zero-order chi connectivity index (χ0) is 20.9. The van der Waals surface area contributed by atoms with Gasteiger partial charge in [0.2, 0.25) is 22.1 Å². The van der Waals surface area contributed by atoms with Gasteiger partial charge in [-0.3, -0.25) is 9.59 Å². The molecule has 2 amide bonds. The van der Waals surface area contributed by atoms with Crippen LogP contribution in [0.15, 0.2) is 18.7 Å². The van der Waals surface area contributed by atoms with Crippen LogP contribution in [0.25, 0.3) is 0 Å². The molecule has 0 saturated heterocycles.